The third kappa shape index (κ3) is 3.97. The van der Waals surface area contributed by atoms with E-state index in [1.807, 2.05) is 36.6 Å². The van der Waals surface area contributed by atoms with Gasteiger partial charge in [0.05, 0.1) is 10.7 Å². The molecule has 30 heavy (non-hydrogen) atoms. The lowest BCUT2D eigenvalue weighted by Crippen LogP contribution is -2.16. The van der Waals surface area contributed by atoms with Gasteiger partial charge in [-0.25, -0.2) is 9.82 Å². The molecule has 0 fully saturated rings. The monoisotopic (exact) mass is 531 g/mol. The third-order valence-corrected chi connectivity index (χ3v) is 5.73. The minimum atomic E-state index is -0.446. The van der Waals surface area contributed by atoms with Gasteiger partial charge in [-0.3, -0.25) is 4.79 Å². The number of fused-ring (bicyclic) bond motifs is 1. The van der Waals surface area contributed by atoms with Crippen LogP contribution < -0.4 is 5.43 Å². The van der Waals surface area contributed by atoms with Crippen LogP contribution in [0.3, 0.4) is 0 Å². The van der Waals surface area contributed by atoms with Crippen LogP contribution in [0.5, 0.6) is 0 Å². The Morgan fingerprint density at radius 3 is 2.60 bits per heavy atom. The number of nitrogens with zero attached hydrogens (tertiary/aromatic N) is 2. The fourth-order valence-electron chi connectivity index (χ4n) is 3.31. The van der Waals surface area contributed by atoms with Gasteiger partial charge in [0.1, 0.15) is 11.4 Å². The van der Waals surface area contributed by atoms with E-state index in [4.69, 9.17) is 4.42 Å². The van der Waals surface area contributed by atoms with Gasteiger partial charge < -0.3 is 8.98 Å². The molecule has 0 saturated carbocycles. The Hall–Kier alpha value is -2.71. The number of aryl methyl sites for hydroxylation is 1. The van der Waals surface area contributed by atoms with E-state index < -0.39 is 5.91 Å². The van der Waals surface area contributed by atoms with Crippen LogP contribution in [0.15, 0.2) is 67.0 Å². The molecular weight excluding hydrogens is 517 g/mol. The number of carbonyl (C=O) groups excluding carboxylic acids is 1. The number of halogens is 3. The summed E-state index contributed by atoms with van der Waals surface area (Å²) < 4.78 is 22.5. The highest BCUT2D eigenvalue weighted by Gasteiger charge is 2.14. The molecule has 0 aliphatic rings. The Morgan fingerprint density at radius 1 is 1.13 bits per heavy atom. The minimum Gasteiger partial charge on any atom is -0.450 e. The summed E-state index contributed by atoms with van der Waals surface area (Å²) in [5.74, 6) is -0.564. The molecule has 0 radical (unpaired) electrons. The number of carbonyl (C=O) groups is 1. The maximum absolute atomic E-state index is 13.2. The van der Waals surface area contributed by atoms with Crippen molar-refractivity contribution in [3.63, 3.8) is 0 Å². The number of hydrogen-bond donors (Lipinski definition) is 1. The summed E-state index contributed by atoms with van der Waals surface area (Å²) in [5.41, 5.74) is 6.68. The van der Waals surface area contributed by atoms with Gasteiger partial charge in [-0.05, 0) is 78.3 Å². The molecule has 5 nitrogen and oxygen atoms in total. The van der Waals surface area contributed by atoms with Gasteiger partial charge in [-0.2, -0.15) is 5.10 Å². The number of hydrazone groups is 1. The summed E-state index contributed by atoms with van der Waals surface area (Å²) in [4.78, 5) is 12.4. The van der Waals surface area contributed by atoms with Gasteiger partial charge in [-0.15, -0.1) is 0 Å². The second kappa shape index (κ2) is 8.20. The molecule has 4 aromatic rings. The maximum Gasteiger partial charge on any atom is 0.307 e. The first-order valence-corrected chi connectivity index (χ1v) is 10.6. The van der Waals surface area contributed by atoms with Crippen molar-refractivity contribution in [2.45, 2.75) is 13.8 Å². The van der Waals surface area contributed by atoms with E-state index in [2.05, 4.69) is 42.4 Å². The van der Waals surface area contributed by atoms with Crippen molar-refractivity contribution in [1.82, 2.24) is 9.99 Å². The smallest absolute Gasteiger partial charge is 0.307 e. The molecule has 2 aromatic carbocycles. The van der Waals surface area contributed by atoms with E-state index in [9.17, 15) is 9.18 Å². The van der Waals surface area contributed by atoms with E-state index in [-0.39, 0.29) is 11.6 Å². The van der Waals surface area contributed by atoms with E-state index in [0.29, 0.717) is 5.58 Å². The number of benzene rings is 2. The number of rotatable bonds is 4. The lowest BCUT2D eigenvalue weighted by Gasteiger charge is -2.09. The summed E-state index contributed by atoms with van der Waals surface area (Å²) >= 11 is 6.84. The van der Waals surface area contributed by atoms with Gasteiger partial charge in [0.25, 0.3) is 0 Å². The SMILES string of the molecule is Cc1cc(/C=N\NC(=O)c2cc3cc(Br)cc(Br)c3o2)c(C)n1-c1ccc(F)cc1. The zero-order valence-corrected chi connectivity index (χ0v) is 19.2. The molecule has 1 N–H and O–H groups in total. The zero-order chi connectivity index (χ0) is 21.4. The third-order valence-electron chi connectivity index (χ3n) is 4.68. The molecule has 152 valence electrons. The first-order valence-electron chi connectivity index (χ1n) is 9.00. The molecule has 8 heteroatoms. The summed E-state index contributed by atoms with van der Waals surface area (Å²) in [7, 11) is 0. The highest BCUT2D eigenvalue weighted by Crippen LogP contribution is 2.31. The largest absolute Gasteiger partial charge is 0.450 e. The molecule has 0 spiro atoms. The van der Waals surface area contributed by atoms with Crippen LogP contribution in [-0.4, -0.2) is 16.7 Å². The number of furan rings is 1. The molecule has 0 aliphatic heterocycles. The van der Waals surface area contributed by atoms with Gasteiger partial charge in [0.2, 0.25) is 0 Å². The topological polar surface area (TPSA) is 59.5 Å². The van der Waals surface area contributed by atoms with Crippen molar-refractivity contribution in [3.8, 4) is 5.69 Å². The zero-order valence-electron chi connectivity index (χ0n) is 16.0. The van der Waals surface area contributed by atoms with Crippen LogP contribution in [0.4, 0.5) is 4.39 Å². The van der Waals surface area contributed by atoms with Crippen LogP contribution in [0.2, 0.25) is 0 Å². The molecular formula is C22H16Br2FN3O2. The van der Waals surface area contributed by atoms with Gasteiger partial charge >= 0.3 is 5.91 Å². The van der Waals surface area contributed by atoms with Crippen LogP contribution in [0.25, 0.3) is 16.7 Å². The fraction of sp³-hybridized carbons (Fsp3) is 0.0909. The summed E-state index contributed by atoms with van der Waals surface area (Å²) in [5, 5.41) is 4.87. The van der Waals surface area contributed by atoms with Crippen molar-refractivity contribution < 1.29 is 13.6 Å². The van der Waals surface area contributed by atoms with Crippen molar-refractivity contribution >= 4 is 55.0 Å². The van der Waals surface area contributed by atoms with E-state index in [1.54, 1.807) is 24.4 Å². The van der Waals surface area contributed by atoms with Crippen molar-refractivity contribution in [1.29, 1.82) is 0 Å². The molecule has 2 heterocycles. The van der Waals surface area contributed by atoms with Crippen LogP contribution in [0.1, 0.15) is 27.5 Å². The number of nitrogens with one attached hydrogen (secondary N) is 1. The lowest BCUT2D eigenvalue weighted by molar-refractivity contribution is 0.0929. The quantitative estimate of drug-likeness (QED) is 0.249. The number of hydrogen-bond acceptors (Lipinski definition) is 3. The van der Waals surface area contributed by atoms with Crippen molar-refractivity contribution in [3.05, 3.63) is 86.0 Å². The summed E-state index contributed by atoms with van der Waals surface area (Å²) in [6, 6.07) is 13.6. The highest BCUT2D eigenvalue weighted by atomic mass is 79.9. The maximum atomic E-state index is 13.2. The van der Waals surface area contributed by atoms with Gasteiger partial charge in [0.15, 0.2) is 5.76 Å². The van der Waals surface area contributed by atoms with E-state index >= 15 is 0 Å². The molecule has 0 atom stereocenters. The van der Waals surface area contributed by atoms with Crippen molar-refractivity contribution in [2.75, 3.05) is 0 Å². The lowest BCUT2D eigenvalue weighted by atomic mass is 10.2. The van der Waals surface area contributed by atoms with E-state index in [0.717, 1.165) is 37.0 Å². The Labute approximate surface area is 188 Å². The average molecular weight is 533 g/mol. The first-order chi connectivity index (χ1) is 14.3. The molecule has 4 rings (SSSR count). The summed E-state index contributed by atoms with van der Waals surface area (Å²) in [6.07, 6.45) is 1.58. The van der Waals surface area contributed by atoms with Crippen LogP contribution in [0, 0.1) is 19.7 Å². The highest BCUT2D eigenvalue weighted by molar-refractivity contribution is 9.11. The standard InChI is InChI=1S/C22H16Br2FN3O2/c1-12-7-15(13(2)28(12)18-5-3-17(25)4-6-18)11-26-27-22(29)20-9-14-8-16(23)10-19(24)21(14)30-20/h3-11H,1-2H3,(H,27,29)/b26-11-. The normalized spacial score (nSPS) is 11.5. The molecule has 0 aliphatic carbocycles. The van der Waals surface area contributed by atoms with Crippen LogP contribution in [-0.2, 0) is 0 Å². The predicted octanol–water partition coefficient (Wildman–Crippen LogP) is 6.27. The second-order valence-corrected chi connectivity index (χ2v) is 8.52. The molecule has 0 bridgehead atoms. The second-order valence-electron chi connectivity index (χ2n) is 6.75. The fourth-order valence-corrected chi connectivity index (χ4v) is 4.65. The molecule has 0 saturated heterocycles. The minimum absolute atomic E-state index is 0.165. The predicted molar refractivity (Wildman–Crippen MR) is 122 cm³/mol. The number of aromatic nitrogens is 1. The Balaban J connectivity index is 1.53. The first kappa shape index (κ1) is 20.6. The molecule has 0 unspecified atom stereocenters. The van der Waals surface area contributed by atoms with E-state index in [1.165, 1.54) is 12.1 Å². The summed E-state index contributed by atoms with van der Waals surface area (Å²) in [6.45, 7) is 3.89. The number of amides is 1. The Bertz CT molecular complexity index is 1290. The average Bonchev–Trinajstić information content (AvgIpc) is 3.24. The van der Waals surface area contributed by atoms with Gasteiger partial charge in [0, 0.05) is 32.5 Å². The van der Waals surface area contributed by atoms with Crippen molar-refractivity contribution in [2.24, 2.45) is 5.10 Å². The Kier molecular flexibility index (Phi) is 5.62. The van der Waals surface area contributed by atoms with Gasteiger partial charge in [-0.1, -0.05) is 15.9 Å². The Morgan fingerprint density at radius 2 is 1.87 bits per heavy atom. The molecule has 2 aromatic heterocycles. The molecule has 1 amide bonds. The van der Waals surface area contributed by atoms with Crippen LogP contribution >= 0.6 is 31.9 Å².